The largest absolute Gasteiger partial charge is 0.294 e. The third-order valence-electron chi connectivity index (χ3n) is 8.34. The average molecular weight is 309 g/mol. The van der Waals surface area contributed by atoms with Gasteiger partial charge in [0.1, 0.15) is 0 Å². The lowest BCUT2D eigenvalue weighted by molar-refractivity contribution is -0.182. The van der Waals surface area contributed by atoms with E-state index in [2.05, 4.69) is 43.0 Å². The Balaban J connectivity index is 1.61. The van der Waals surface area contributed by atoms with Gasteiger partial charge in [-0.15, -0.1) is 0 Å². The van der Waals surface area contributed by atoms with Crippen molar-refractivity contribution in [2.45, 2.75) is 82.2 Å². The molecule has 3 heterocycles. The third-order valence-corrected chi connectivity index (χ3v) is 8.34. The van der Waals surface area contributed by atoms with Gasteiger partial charge in [-0.05, 0) is 68.9 Å². The lowest BCUT2D eigenvalue weighted by atomic mass is 9.47. The SMILES string of the molecule is Cc1ccccc1C12CC3CC(C1)C1(CCCCC1)N(C3)C2C. The number of aryl methyl sites for hydroxylation is 1. The van der Waals surface area contributed by atoms with Gasteiger partial charge in [0.15, 0.2) is 0 Å². The second kappa shape index (κ2) is 4.85. The lowest BCUT2D eigenvalue weighted by Gasteiger charge is -2.71. The normalized spacial score (nSPS) is 43.9. The van der Waals surface area contributed by atoms with Gasteiger partial charge in [-0.3, -0.25) is 4.90 Å². The number of hydrogen-bond acceptors (Lipinski definition) is 1. The Bertz CT molecular complexity index is 614. The Morgan fingerprint density at radius 3 is 2.61 bits per heavy atom. The Morgan fingerprint density at radius 2 is 1.83 bits per heavy atom. The van der Waals surface area contributed by atoms with Crippen molar-refractivity contribution in [1.82, 2.24) is 4.90 Å². The van der Waals surface area contributed by atoms with Crippen LogP contribution < -0.4 is 0 Å². The molecule has 1 heteroatoms. The number of hydrogen-bond donors (Lipinski definition) is 0. The lowest BCUT2D eigenvalue weighted by Crippen LogP contribution is -2.75. The van der Waals surface area contributed by atoms with E-state index in [1.807, 2.05) is 0 Å². The first kappa shape index (κ1) is 14.5. The van der Waals surface area contributed by atoms with E-state index >= 15 is 0 Å². The molecule has 124 valence electrons. The van der Waals surface area contributed by atoms with Crippen LogP contribution in [0.25, 0.3) is 0 Å². The smallest absolute Gasteiger partial charge is 0.0241 e. The van der Waals surface area contributed by atoms with Crippen molar-refractivity contribution in [3.05, 3.63) is 35.4 Å². The van der Waals surface area contributed by atoms with Crippen LogP contribution >= 0.6 is 0 Å². The molecule has 1 aromatic rings. The molecule has 0 aromatic heterocycles. The van der Waals surface area contributed by atoms with E-state index in [1.54, 1.807) is 5.56 Å². The summed E-state index contributed by atoms with van der Waals surface area (Å²) in [5, 5.41) is 0. The quantitative estimate of drug-likeness (QED) is 0.700. The van der Waals surface area contributed by atoms with Gasteiger partial charge in [0.05, 0.1) is 0 Å². The summed E-state index contributed by atoms with van der Waals surface area (Å²) in [6, 6.07) is 10.0. The summed E-state index contributed by atoms with van der Waals surface area (Å²) >= 11 is 0. The standard InChI is InChI=1S/C22H31N/c1-16-8-4-5-9-20(16)21-13-18-12-19(14-21)22(10-6-3-7-11-22)23(15-18)17(21)2/h4-5,8-9,17-19H,3,6-7,10-15H2,1-2H3. The van der Waals surface area contributed by atoms with Crippen molar-refractivity contribution in [3.8, 4) is 0 Å². The van der Waals surface area contributed by atoms with E-state index in [0.29, 0.717) is 11.0 Å². The van der Waals surface area contributed by atoms with E-state index < -0.39 is 0 Å². The van der Waals surface area contributed by atoms with Crippen LogP contribution in [0.4, 0.5) is 0 Å². The number of piperidine rings is 3. The summed E-state index contributed by atoms with van der Waals surface area (Å²) < 4.78 is 0. The highest BCUT2D eigenvalue weighted by Gasteiger charge is 2.64. The fourth-order valence-corrected chi connectivity index (χ4v) is 7.47. The van der Waals surface area contributed by atoms with Crippen LogP contribution in [0.3, 0.4) is 0 Å². The van der Waals surface area contributed by atoms with Crippen molar-refractivity contribution >= 4 is 0 Å². The molecule has 5 atom stereocenters. The Hall–Kier alpha value is -0.820. The van der Waals surface area contributed by atoms with E-state index in [1.165, 1.54) is 63.5 Å². The van der Waals surface area contributed by atoms with Crippen molar-refractivity contribution in [2.75, 3.05) is 6.54 Å². The first-order valence-electron chi connectivity index (χ1n) is 9.99. The first-order chi connectivity index (χ1) is 11.2. The number of benzene rings is 1. The second-order valence-corrected chi connectivity index (χ2v) is 9.17. The Labute approximate surface area is 141 Å². The van der Waals surface area contributed by atoms with Crippen LogP contribution in [0, 0.1) is 18.8 Å². The fraction of sp³-hybridized carbons (Fsp3) is 0.727. The monoisotopic (exact) mass is 309 g/mol. The van der Waals surface area contributed by atoms with Crippen LogP contribution in [0.15, 0.2) is 24.3 Å². The molecule has 0 amide bonds. The summed E-state index contributed by atoms with van der Waals surface area (Å²) in [6.07, 6.45) is 11.8. The van der Waals surface area contributed by atoms with E-state index in [4.69, 9.17) is 0 Å². The van der Waals surface area contributed by atoms with E-state index in [0.717, 1.165) is 17.9 Å². The zero-order valence-electron chi connectivity index (χ0n) is 14.9. The molecule has 5 unspecified atom stereocenters. The van der Waals surface area contributed by atoms with Gasteiger partial charge in [-0.25, -0.2) is 0 Å². The minimum Gasteiger partial charge on any atom is -0.294 e. The summed E-state index contributed by atoms with van der Waals surface area (Å²) in [5.41, 5.74) is 4.23. The highest BCUT2D eigenvalue weighted by atomic mass is 15.3. The molecule has 3 saturated heterocycles. The minimum atomic E-state index is 0.444. The van der Waals surface area contributed by atoms with Gasteiger partial charge < -0.3 is 0 Å². The van der Waals surface area contributed by atoms with Crippen molar-refractivity contribution < 1.29 is 0 Å². The molecule has 1 aromatic carbocycles. The van der Waals surface area contributed by atoms with Crippen molar-refractivity contribution in [2.24, 2.45) is 11.8 Å². The second-order valence-electron chi connectivity index (χ2n) is 9.17. The maximum atomic E-state index is 3.03. The zero-order chi connectivity index (χ0) is 15.7. The molecule has 23 heavy (non-hydrogen) atoms. The molecular weight excluding hydrogens is 278 g/mol. The highest BCUT2D eigenvalue weighted by Crippen LogP contribution is 2.63. The third kappa shape index (κ3) is 1.78. The van der Waals surface area contributed by atoms with Gasteiger partial charge in [0.2, 0.25) is 0 Å². The van der Waals surface area contributed by atoms with Gasteiger partial charge in [-0.2, -0.15) is 0 Å². The molecule has 0 radical (unpaired) electrons. The maximum absolute atomic E-state index is 3.03. The van der Waals surface area contributed by atoms with E-state index in [9.17, 15) is 0 Å². The molecule has 2 aliphatic carbocycles. The Kier molecular flexibility index (Phi) is 3.06. The summed E-state index contributed by atoms with van der Waals surface area (Å²) in [5.74, 6) is 1.92. The average Bonchev–Trinajstić information content (AvgIpc) is 2.58. The van der Waals surface area contributed by atoms with Crippen molar-refractivity contribution in [1.29, 1.82) is 0 Å². The molecule has 1 spiro atoms. The molecule has 2 saturated carbocycles. The molecule has 3 aliphatic heterocycles. The predicted octanol–water partition coefficient (Wildman–Crippen LogP) is 5.07. The predicted molar refractivity (Wildman–Crippen MR) is 95.7 cm³/mol. The van der Waals surface area contributed by atoms with Crippen LogP contribution in [0.2, 0.25) is 0 Å². The van der Waals surface area contributed by atoms with Crippen LogP contribution in [-0.4, -0.2) is 23.0 Å². The van der Waals surface area contributed by atoms with Gasteiger partial charge in [0.25, 0.3) is 0 Å². The molecule has 5 aliphatic rings. The summed E-state index contributed by atoms with van der Waals surface area (Å²) in [7, 11) is 0. The van der Waals surface area contributed by atoms with Crippen LogP contribution in [0.5, 0.6) is 0 Å². The molecular formula is C22H31N. The molecule has 0 N–H and O–H groups in total. The summed E-state index contributed by atoms with van der Waals surface area (Å²) in [4.78, 5) is 3.03. The van der Waals surface area contributed by atoms with Crippen LogP contribution in [-0.2, 0) is 5.41 Å². The maximum Gasteiger partial charge on any atom is 0.0241 e. The molecule has 6 rings (SSSR count). The minimum absolute atomic E-state index is 0.444. The van der Waals surface area contributed by atoms with Crippen LogP contribution in [0.1, 0.15) is 69.4 Å². The molecule has 5 fully saturated rings. The zero-order valence-corrected chi connectivity index (χ0v) is 14.9. The van der Waals surface area contributed by atoms with Gasteiger partial charge >= 0.3 is 0 Å². The first-order valence-corrected chi connectivity index (χ1v) is 9.99. The number of rotatable bonds is 1. The van der Waals surface area contributed by atoms with Gasteiger partial charge in [-0.1, -0.05) is 43.5 Å². The summed E-state index contributed by atoms with van der Waals surface area (Å²) in [6.45, 7) is 6.30. The Morgan fingerprint density at radius 1 is 1.04 bits per heavy atom. The molecule has 1 nitrogen and oxygen atoms in total. The fourth-order valence-electron chi connectivity index (χ4n) is 7.47. The highest BCUT2D eigenvalue weighted by molar-refractivity contribution is 5.39. The number of nitrogens with zero attached hydrogens (tertiary/aromatic N) is 1. The topological polar surface area (TPSA) is 3.24 Å². The van der Waals surface area contributed by atoms with E-state index in [-0.39, 0.29) is 0 Å². The van der Waals surface area contributed by atoms with Gasteiger partial charge in [0, 0.05) is 23.5 Å². The van der Waals surface area contributed by atoms with Crippen molar-refractivity contribution in [3.63, 3.8) is 0 Å². The molecule has 4 bridgehead atoms.